The average Bonchev–Trinajstić information content (AvgIpc) is 2.39. The zero-order valence-electron chi connectivity index (χ0n) is 11.0. The molecule has 0 saturated carbocycles. The Balaban J connectivity index is 2.37. The molecule has 0 saturated heterocycles. The summed E-state index contributed by atoms with van der Waals surface area (Å²) in [6, 6.07) is 9.85. The highest BCUT2D eigenvalue weighted by atomic mass is 16.5. The molecule has 0 aliphatic heterocycles. The van der Waals surface area contributed by atoms with E-state index >= 15 is 0 Å². The summed E-state index contributed by atoms with van der Waals surface area (Å²) in [6.07, 6.45) is 0.469. The predicted molar refractivity (Wildman–Crippen MR) is 72.1 cm³/mol. The van der Waals surface area contributed by atoms with Gasteiger partial charge >= 0.3 is 0 Å². The van der Waals surface area contributed by atoms with E-state index in [4.69, 9.17) is 4.74 Å². The SMILES string of the molecule is C=C[C@@](C)(O)[C@@H](O)[C@@H](C)COCc1ccccc1. The summed E-state index contributed by atoms with van der Waals surface area (Å²) >= 11 is 0. The minimum Gasteiger partial charge on any atom is -0.389 e. The van der Waals surface area contributed by atoms with E-state index in [1.807, 2.05) is 37.3 Å². The molecule has 2 N–H and O–H groups in total. The molecule has 0 bridgehead atoms. The second-order valence-electron chi connectivity index (χ2n) is 4.85. The van der Waals surface area contributed by atoms with E-state index in [1.165, 1.54) is 6.08 Å². The smallest absolute Gasteiger partial charge is 0.106 e. The number of aliphatic hydroxyl groups is 2. The van der Waals surface area contributed by atoms with Crippen LogP contribution >= 0.6 is 0 Å². The van der Waals surface area contributed by atoms with Crippen LogP contribution in [0.5, 0.6) is 0 Å². The van der Waals surface area contributed by atoms with Crippen molar-refractivity contribution in [3.8, 4) is 0 Å². The van der Waals surface area contributed by atoms with Gasteiger partial charge in [-0.2, -0.15) is 0 Å². The van der Waals surface area contributed by atoms with Gasteiger partial charge in [-0.25, -0.2) is 0 Å². The summed E-state index contributed by atoms with van der Waals surface area (Å²) in [5, 5.41) is 19.8. The molecule has 0 radical (unpaired) electrons. The van der Waals surface area contributed by atoms with Gasteiger partial charge in [0.25, 0.3) is 0 Å². The van der Waals surface area contributed by atoms with E-state index in [9.17, 15) is 10.2 Å². The molecule has 100 valence electrons. The number of hydrogen-bond acceptors (Lipinski definition) is 3. The Bertz CT molecular complexity index is 359. The molecule has 3 heteroatoms. The molecule has 0 aliphatic carbocycles. The van der Waals surface area contributed by atoms with E-state index in [1.54, 1.807) is 6.92 Å². The van der Waals surface area contributed by atoms with Crippen molar-refractivity contribution in [3.63, 3.8) is 0 Å². The van der Waals surface area contributed by atoms with Crippen LogP contribution in [0.1, 0.15) is 19.4 Å². The van der Waals surface area contributed by atoms with Gasteiger partial charge < -0.3 is 14.9 Å². The Labute approximate surface area is 109 Å². The van der Waals surface area contributed by atoms with Gasteiger partial charge in [0.1, 0.15) is 5.60 Å². The lowest BCUT2D eigenvalue weighted by molar-refractivity contribution is -0.0733. The Kier molecular flexibility index (Phi) is 5.54. The molecule has 1 aromatic carbocycles. The third kappa shape index (κ3) is 4.26. The molecule has 3 nitrogen and oxygen atoms in total. The van der Waals surface area contributed by atoms with Crippen molar-refractivity contribution in [1.29, 1.82) is 0 Å². The van der Waals surface area contributed by atoms with Gasteiger partial charge in [0.15, 0.2) is 0 Å². The first kappa shape index (κ1) is 14.9. The minimum atomic E-state index is -1.28. The second-order valence-corrected chi connectivity index (χ2v) is 4.85. The van der Waals surface area contributed by atoms with E-state index in [-0.39, 0.29) is 5.92 Å². The maximum atomic E-state index is 9.94. The molecule has 0 aliphatic rings. The molecule has 1 rings (SSSR count). The van der Waals surface area contributed by atoms with Crippen LogP contribution in [0.2, 0.25) is 0 Å². The number of benzene rings is 1. The quantitative estimate of drug-likeness (QED) is 0.729. The van der Waals surface area contributed by atoms with Gasteiger partial charge in [-0.15, -0.1) is 6.58 Å². The molecule has 1 aromatic rings. The fourth-order valence-corrected chi connectivity index (χ4v) is 1.72. The number of ether oxygens (including phenoxy) is 1. The lowest BCUT2D eigenvalue weighted by atomic mass is 9.90. The van der Waals surface area contributed by atoms with Crippen LogP contribution in [-0.4, -0.2) is 28.5 Å². The molecular formula is C15H22O3. The van der Waals surface area contributed by atoms with Crippen molar-refractivity contribution in [1.82, 2.24) is 0 Å². The summed E-state index contributed by atoms with van der Waals surface area (Å²) in [5.74, 6) is -0.165. The fraction of sp³-hybridized carbons (Fsp3) is 0.467. The Morgan fingerprint density at radius 3 is 2.56 bits per heavy atom. The van der Waals surface area contributed by atoms with Gasteiger partial charge in [-0.3, -0.25) is 0 Å². The first-order chi connectivity index (χ1) is 8.47. The second kappa shape index (κ2) is 6.69. The van der Waals surface area contributed by atoms with Crippen LogP contribution in [0.4, 0.5) is 0 Å². The zero-order chi connectivity index (χ0) is 13.6. The molecule has 18 heavy (non-hydrogen) atoms. The van der Waals surface area contributed by atoms with Gasteiger partial charge in [0, 0.05) is 5.92 Å². The first-order valence-electron chi connectivity index (χ1n) is 6.13. The highest BCUT2D eigenvalue weighted by Gasteiger charge is 2.31. The van der Waals surface area contributed by atoms with Crippen LogP contribution in [0.15, 0.2) is 43.0 Å². The maximum absolute atomic E-state index is 9.94. The van der Waals surface area contributed by atoms with Gasteiger partial charge in [-0.1, -0.05) is 43.3 Å². The minimum absolute atomic E-state index is 0.165. The average molecular weight is 250 g/mol. The first-order valence-corrected chi connectivity index (χ1v) is 6.13. The molecule has 3 atom stereocenters. The Morgan fingerprint density at radius 1 is 1.39 bits per heavy atom. The Morgan fingerprint density at radius 2 is 2.00 bits per heavy atom. The van der Waals surface area contributed by atoms with E-state index in [0.717, 1.165) is 5.56 Å². The van der Waals surface area contributed by atoms with Crippen LogP contribution in [-0.2, 0) is 11.3 Å². The van der Waals surface area contributed by atoms with Crippen LogP contribution in [0, 0.1) is 5.92 Å². The third-order valence-electron chi connectivity index (χ3n) is 3.04. The van der Waals surface area contributed by atoms with Crippen molar-refractivity contribution in [2.45, 2.75) is 32.2 Å². The largest absolute Gasteiger partial charge is 0.389 e. The highest BCUT2D eigenvalue weighted by molar-refractivity contribution is 5.13. The zero-order valence-corrected chi connectivity index (χ0v) is 11.0. The molecule has 0 heterocycles. The number of aliphatic hydroxyl groups excluding tert-OH is 1. The predicted octanol–water partition coefficient (Wildman–Crippen LogP) is 2.14. The summed E-state index contributed by atoms with van der Waals surface area (Å²) in [6.45, 7) is 7.79. The molecule has 0 spiro atoms. The van der Waals surface area contributed by atoms with Gasteiger partial charge in [0.05, 0.1) is 19.3 Å². The van der Waals surface area contributed by atoms with Crippen molar-refractivity contribution in [2.75, 3.05) is 6.61 Å². The maximum Gasteiger partial charge on any atom is 0.106 e. The molecule has 0 amide bonds. The topological polar surface area (TPSA) is 49.7 Å². The van der Waals surface area contributed by atoms with Gasteiger partial charge in [0.2, 0.25) is 0 Å². The van der Waals surface area contributed by atoms with E-state index in [2.05, 4.69) is 6.58 Å². The molecule has 0 aromatic heterocycles. The summed E-state index contributed by atoms with van der Waals surface area (Å²) in [4.78, 5) is 0. The van der Waals surface area contributed by atoms with Crippen LogP contribution in [0.3, 0.4) is 0 Å². The normalized spacial score (nSPS) is 17.8. The lowest BCUT2D eigenvalue weighted by Crippen LogP contribution is -2.42. The number of hydrogen-bond donors (Lipinski definition) is 2. The number of rotatable bonds is 7. The molecule has 0 unspecified atom stereocenters. The van der Waals surface area contributed by atoms with Crippen molar-refractivity contribution in [3.05, 3.63) is 48.6 Å². The standard InChI is InChI=1S/C15H22O3/c1-4-15(3,17)14(16)12(2)10-18-11-13-8-6-5-7-9-13/h4-9,12,14,16-17H,1,10-11H2,2-3H3/t12-,14-,15+/m0/s1. The monoisotopic (exact) mass is 250 g/mol. The Hall–Kier alpha value is -1.16. The van der Waals surface area contributed by atoms with Crippen LogP contribution in [0.25, 0.3) is 0 Å². The fourth-order valence-electron chi connectivity index (χ4n) is 1.72. The van der Waals surface area contributed by atoms with E-state index < -0.39 is 11.7 Å². The highest BCUT2D eigenvalue weighted by Crippen LogP contribution is 2.19. The summed E-state index contributed by atoms with van der Waals surface area (Å²) in [5.41, 5.74) is -0.190. The van der Waals surface area contributed by atoms with Crippen molar-refractivity contribution in [2.24, 2.45) is 5.92 Å². The third-order valence-corrected chi connectivity index (χ3v) is 3.04. The van der Waals surface area contributed by atoms with E-state index in [0.29, 0.717) is 13.2 Å². The summed E-state index contributed by atoms with van der Waals surface area (Å²) in [7, 11) is 0. The van der Waals surface area contributed by atoms with Crippen molar-refractivity contribution >= 4 is 0 Å². The lowest BCUT2D eigenvalue weighted by Gasteiger charge is -2.30. The molecule has 0 fully saturated rings. The van der Waals surface area contributed by atoms with Gasteiger partial charge in [-0.05, 0) is 12.5 Å². The molecular weight excluding hydrogens is 228 g/mol. The van der Waals surface area contributed by atoms with Crippen LogP contribution < -0.4 is 0 Å². The summed E-state index contributed by atoms with van der Waals surface area (Å²) < 4.78 is 5.54. The van der Waals surface area contributed by atoms with Crippen molar-refractivity contribution < 1.29 is 14.9 Å².